The van der Waals surface area contributed by atoms with Gasteiger partial charge in [-0.25, -0.2) is 0 Å². The Morgan fingerprint density at radius 1 is 1.29 bits per heavy atom. The van der Waals surface area contributed by atoms with E-state index in [4.69, 9.17) is 4.74 Å². The summed E-state index contributed by atoms with van der Waals surface area (Å²) in [4.78, 5) is 0. The van der Waals surface area contributed by atoms with E-state index < -0.39 is 11.7 Å². The second-order valence-electron chi connectivity index (χ2n) is 5.22. The predicted octanol–water partition coefficient (Wildman–Crippen LogP) is 4.37. The SMILES string of the molecule is C[C@H]1CC(C)(C)Oc2ccc(C(F)(F)F)cc21. The highest BCUT2D eigenvalue weighted by Crippen LogP contribution is 2.43. The Bertz CT molecular complexity index is 435. The summed E-state index contributed by atoms with van der Waals surface area (Å²) in [6, 6.07) is 3.71. The van der Waals surface area contributed by atoms with Gasteiger partial charge < -0.3 is 4.74 Å². The van der Waals surface area contributed by atoms with Crippen LogP contribution >= 0.6 is 0 Å². The second kappa shape index (κ2) is 3.65. The highest BCUT2D eigenvalue weighted by molar-refractivity contribution is 5.42. The van der Waals surface area contributed by atoms with E-state index in [1.54, 1.807) is 0 Å². The maximum Gasteiger partial charge on any atom is 0.416 e. The molecule has 0 amide bonds. The molecule has 0 aliphatic carbocycles. The van der Waals surface area contributed by atoms with Gasteiger partial charge in [-0.1, -0.05) is 6.92 Å². The lowest BCUT2D eigenvalue weighted by Crippen LogP contribution is -2.34. The summed E-state index contributed by atoms with van der Waals surface area (Å²) < 4.78 is 43.5. The van der Waals surface area contributed by atoms with Crippen molar-refractivity contribution >= 4 is 0 Å². The van der Waals surface area contributed by atoms with Crippen molar-refractivity contribution < 1.29 is 17.9 Å². The molecule has 17 heavy (non-hydrogen) atoms. The van der Waals surface area contributed by atoms with Gasteiger partial charge in [0.1, 0.15) is 11.4 Å². The minimum atomic E-state index is -4.29. The fourth-order valence-corrected chi connectivity index (χ4v) is 2.39. The quantitative estimate of drug-likeness (QED) is 0.658. The number of benzene rings is 1. The molecule has 0 N–H and O–H groups in total. The topological polar surface area (TPSA) is 9.23 Å². The monoisotopic (exact) mass is 244 g/mol. The molecule has 0 unspecified atom stereocenters. The van der Waals surface area contributed by atoms with Gasteiger partial charge in [0, 0.05) is 0 Å². The van der Waals surface area contributed by atoms with E-state index in [9.17, 15) is 13.2 Å². The number of halogens is 3. The van der Waals surface area contributed by atoms with Crippen molar-refractivity contribution in [3.63, 3.8) is 0 Å². The zero-order valence-electron chi connectivity index (χ0n) is 10.1. The lowest BCUT2D eigenvalue weighted by atomic mass is 9.85. The third-order valence-corrected chi connectivity index (χ3v) is 3.05. The van der Waals surface area contributed by atoms with Crippen LogP contribution in [0, 0.1) is 0 Å². The van der Waals surface area contributed by atoms with Gasteiger partial charge in [-0.3, -0.25) is 0 Å². The van der Waals surface area contributed by atoms with Crippen LogP contribution in [-0.4, -0.2) is 5.60 Å². The molecule has 0 aromatic heterocycles. The van der Waals surface area contributed by atoms with Gasteiger partial charge in [0.2, 0.25) is 0 Å². The molecule has 1 atom stereocenters. The van der Waals surface area contributed by atoms with Gasteiger partial charge in [0.25, 0.3) is 0 Å². The van der Waals surface area contributed by atoms with Gasteiger partial charge in [-0.15, -0.1) is 0 Å². The summed E-state index contributed by atoms with van der Waals surface area (Å²) in [5, 5.41) is 0. The van der Waals surface area contributed by atoms with Crippen molar-refractivity contribution in [1.29, 1.82) is 0 Å². The van der Waals surface area contributed by atoms with Crippen molar-refractivity contribution in [2.75, 3.05) is 0 Å². The van der Waals surface area contributed by atoms with E-state index in [-0.39, 0.29) is 11.5 Å². The molecule has 1 heterocycles. The maximum absolute atomic E-state index is 12.6. The average molecular weight is 244 g/mol. The average Bonchev–Trinajstić information content (AvgIpc) is 2.13. The number of hydrogen-bond acceptors (Lipinski definition) is 1. The summed E-state index contributed by atoms with van der Waals surface area (Å²) in [6.07, 6.45) is -3.57. The number of rotatable bonds is 0. The number of hydrogen-bond donors (Lipinski definition) is 0. The number of ether oxygens (including phenoxy) is 1. The molecule has 94 valence electrons. The van der Waals surface area contributed by atoms with Crippen LogP contribution < -0.4 is 4.74 Å². The first-order valence-corrected chi connectivity index (χ1v) is 5.59. The van der Waals surface area contributed by atoms with Gasteiger partial charge in [0.05, 0.1) is 5.56 Å². The molecule has 0 saturated heterocycles. The summed E-state index contributed by atoms with van der Waals surface area (Å²) in [7, 11) is 0. The fraction of sp³-hybridized carbons (Fsp3) is 0.538. The Morgan fingerprint density at radius 2 is 1.94 bits per heavy atom. The second-order valence-corrected chi connectivity index (χ2v) is 5.22. The first kappa shape index (κ1) is 12.3. The van der Waals surface area contributed by atoms with E-state index in [1.165, 1.54) is 12.1 Å². The number of fused-ring (bicyclic) bond motifs is 1. The molecule has 0 fully saturated rings. The molecule has 4 heteroatoms. The first-order chi connectivity index (χ1) is 7.69. The molecule has 0 saturated carbocycles. The van der Waals surface area contributed by atoms with E-state index >= 15 is 0 Å². The normalized spacial score (nSPS) is 22.8. The van der Waals surface area contributed by atoms with Crippen LogP contribution in [0.15, 0.2) is 18.2 Å². The Kier molecular flexibility index (Phi) is 2.64. The van der Waals surface area contributed by atoms with Crippen LogP contribution in [-0.2, 0) is 6.18 Å². The van der Waals surface area contributed by atoms with Crippen LogP contribution in [0.2, 0.25) is 0 Å². The minimum Gasteiger partial charge on any atom is -0.488 e. The smallest absolute Gasteiger partial charge is 0.416 e. The van der Waals surface area contributed by atoms with Crippen LogP contribution in [0.3, 0.4) is 0 Å². The third kappa shape index (κ3) is 2.40. The standard InChI is InChI=1S/C13H15F3O/c1-8-7-12(2,3)17-11-5-4-9(6-10(8)11)13(14,15)16/h4-6,8H,7H2,1-3H3/t8-/m0/s1. The Morgan fingerprint density at radius 3 is 2.53 bits per heavy atom. The van der Waals surface area contributed by atoms with Crippen molar-refractivity contribution in [1.82, 2.24) is 0 Å². The van der Waals surface area contributed by atoms with Crippen LogP contribution in [0.4, 0.5) is 13.2 Å². The molecular weight excluding hydrogens is 229 g/mol. The molecule has 0 spiro atoms. The summed E-state index contributed by atoms with van der Waals surface area (Å²) >= 11 is 0. The highest BCUT2D eigenvalue weighted by Gasteiger charge is 2.35. The van der Waals surface area contributed by atoms with E-state index in [0.29, 0.717) is 11.3 Å². The Balaban J connectivity index is 2.44. The van der Waals surface area contributed by atoms with Gasteiger partial charge >= 0.3 is 6.18 Å². The molecule has 1 aliphatic rings. The molecule has 1 aromatic carbocycles. The van der Waals surface area contributed by atoms with Crippen LogP contribution in [0.1, 0.15) is 44.2 Å². The Labute approximate surface area is 98.6 Å². The summed E-state index contributed by atoms with van der Waals surface area (Å²) in [6.45, 7) is 5.83. The van der Waals surface area contributed by atoms with E-state index in [2.05, 4.69) is 0 Å². The van der Waals surface area contributed by atoms with Crippen molar-refractivity contribution in [2.45, 2.75) is 44.9 Å². The van der Waals surface area contributed by atoms with Gasteiger partial charge in [-0.2, -0.15) is 13.2 Å². The predicted molar refractivity (Wildman–Crippen MR) is 59.2 cm³/mol. The molecular formula is C13H15F3O. The Hall–Kier alpha value is -1.19. The highest BCUT2D eigenvalue weighted by atomic mass is 19.4. The zero-order valence-corrected chi connectivity index (χ0v) is 10.1. The fourth-order valence-electron chi connectivity index (χ4n) is 2.39. The molecule has 0 radical (unpaired) electrons. The summed E-state index contributed by atoms with van der Waals surface area (Å²) in [5.41, 5.74) is -0.267. The lowest BCUT2D eigenvalue weighted by Gasteiger charge is -2.36. The van der Waals surface area contributed by atoms with Crippen molar-refractivity contribution in [3.8, 4) is 5.75 Å². The van der Waals surface area contributed by atoms with Crippen LogP contribution in [0.5, 0.6) is 5.75 Å². The van der Waals surface area contributed by atoms with E-state index in [1.807, 2.05) is 20.8 Å². The largest absolute Gasteiger partial charge is 0.488 e. The summed E-state index contributed by atoms with van der Waals surface area (Å²) in [5.74, 6) is 0.651. The van der Waals surface area contributed by atoms with E-state index in [0.717, 1.165) is 12.5 Å². The number of alkyl halides is 3. The van der Waals surface area contributed by atoms with Gasteiger partial charge in [-0.05, 0) is 49.9 Å². The van der Waals surface area contributed by atoms with Gasteiger partial charge in [0.15, 0.2) is 0 Å². The lowest BCUT2D eigenvalue weighted by molar-refractivity contribution is -0.137. The minimum absolute atomic E-state index is 0.0797. The van der Waals surface area contributed by atoms with Crippen molar-refractivity contribution in [2.24, 2.45) is 0 Å². The van der Waals surface area contributed by atoms with Crippen molar-refractivity contribution in [3.05, 3.63) is 29.3 Å². The molecule has 1 aromatic rings. The molecule has 0 bridgehead atoms. The zero-order chi connectivity index (χ0) is 12.8. The maximum atomic E-state index is 12.6. The molecule has 1 nitrogen and oxygen atoms in total. The third-order valence-electron chi connectivity index (χ3n) is 3.05. The first-order valence-electron chi connectivity index (χ1n) is 5.59. The van der Waals surface area contributed by atoms with Crippen LogP contribution in [0.25, 0.3) is 0 Å². The molecule has 1 aliphatic heterocycles. The molecule has 2 rings (SSSR count).